The molecule has 1 aromatic heterocycles. The van der Waals surface area contributed by atoms with Gasteiger partial charge < -0.3 is 15.0 Å². The fraction of sp³-hybridized carbons (Fsp3) is 0.312. The molecule has 20 heavy (non-hydrogen) atoms. The number of para-hydroxylation sites is 1. The fourth-order valence-electron chi connectivity index (χ4n) is 2.11. The minimum atomic E-state index is 0.0782. The Morgan fingerprint density at radius 3 is 2.80 bits per heavy atom. The number of carbonyl (C=O) groups is 1. The van der Waals surface area contributed by atoms with E-state index in [9.17, 15) is 4.79 Å². The van der Waals surface area contributed by atoms with Gasteiger partial charge in [-0.15, -0.1) is 0 Å². The molecule has 0 bridgehead atoms. The van der Waals surface area contributed by atoms with Gasteiger partial charge in [0.1, 0.15) is 5.75 Å². The van der Waals surface area contributed by atoms with Gasteiger partial charge >= 0.3 is 0 Å². The average molecular weight is 272 g/mol. The normalized spacial score (nSPS) is 10.2. The molecule has 0 spiro atoms. The van der Waals surface area contributed by atoms with Gasteiger partial charge in [-0.2, -0.15) is 0 Å². The predicted octanol–water partition coefficient (Wildman–Crippen LogP) is 2.31. The van der Waals surface area contributed by atoms with Crippen LogP contribution in [0.25, 0.3) is 0 Å². The standard InChI is InChI=1S/C16H20N2O2/c1-20-15-7-3-2-5-13(15)10-12-18-16(19)9-8-14-6-4-11-17-14/h2-7,11,17H,8-10,12H2,1H3,(H,18,19). The van der Waals surface area contributed by atoms with E-state index in [0.717, 1.165) is 29.8 Å². The number of amides is 1. The lowest BCUT2D eigenvalue weighted by atomic mass is 10.1. The van der Waals surface area contributed by atoms with E-state index in [4.69, 9.17) is 4.74 Å². The summed E-state index contributed by atoms with van der Waals surface area (Å²) in [4.78, 5) is 14.8. The zero-order chi connectivity index (χ0) is 14.2. The third kappa shape index (κ3) is 4.16. The Labute approximate surface area is 119 Å². The van der Waals surface area contributed by atoms with Gasteiger partial charge in [0.15, 0.2) is 0 Å². The van der Waals surface area contributed by atoms with Crippen LogP contribution in [-0.2, 0) is 17.6 Å². The number of hydrogen-bond acceptors (Lipinski definition) is 2. The molecule has 0 atom stereocenters. The van der Waals surface area contributed by atoms with Crippen molar-refractivity contribution in [1.82, 2.24) is 10.3 Å². The molecule has 0 saturated heterocycles. The number of hydrogen-bond donors (Lipinski definition) is 2. The first kappa shape index (κ1) is 14.2. The molecular weight excluding hydrogens is 252 g/mol. The zero-order valence-corrected chi connectivity index (χ0v) is 11.7. The molecule has 2 aromatic rings. The summed E-state index contributed by atoms with van der Waals surface area (Å²) >= 11 is 0. The first-order valence-electron chi connectivity index (χ1n) is 6.80. The number of H-pyrrole nitrogens is 1. The Kier molecular flexibility index (Phi) is 5.24. The maximum absolute atomic E-state index is 11.7. The smallest absolute Gasteiger partial charge is 0.220 e. The number of benzene rings is 1. The number of aryl methyl sites for hydroxylation is 1. The van der Waals surface area contributed by atoms with Crippen molar-refractivity contribution in [2.45, 2.75) is 19.3 Å². The molecule has 0 fully saturated rings. The second kappa shape index (κ2) is 7.38. The van der Waals surface area contributed by atoms with Crippen molar-refractivity contribution in [1.29, 1.82) is 0 Å². The molecule has 4 nitrogen and oxygen atoms in total. The lowest BCUT2D eigenvalue weighted by Crippen LogP contribution is -2.26. The molecule has 0 unspecified atom stereocenters. The van der Waals surface area contributed by atoms with Crippen LogP contribution < -0.4 is 10.1 Å². The van der Waals surface area contributed by atoms with Gasteiger partial charge in [-0.1, -0.05) is 18.2 Å². The van der Waals surface area contributed by atoms with Gasteiger partial charge in [0.05, 0.1) is 7.11 Å². The number of nitrogens with one attached hydrogen (secondary N) is 2. The summed E-state index contributed by atoms with van der Waals surface area (Å²) in [6, 6.07) is 11.8. The van der Waals surface area contributed by atoms with Crippen molar-refractivity contribution in [3.63, 3.8) is 0 Å². The molecule has 1 aromatic carbocycles. The van der Waals surface area contributed by atoms with Gasteiger partial charge in [0.25, 0.3) is 0 Å². The van der Waals surface area contributed by atoms with E-state index in [1.165, 1.54) is 0 Å². The molecule has 4 heteroatoms. The Bertz CT molecular complexity index is 535. The molecular formula is C16H20N2O2. The molecule has 1 amide bonds. The largest absolute Gasteiger partial charge is 0.496 e. The highest BCUT2D eigenvalue weighted by Crippen LogP contribution is 2.17. The monoisotopic (exact) mass is 272 g/mol. The van der Waals surface area contributed by atoms with Crippen LogP contribution in [0.5, 0.6) is 5.75 Å². The minimum Gasteiger partial charge on any atom is -0.496 e. The SMILES string of the molecule is COc1ccccc1CCNC(=O)CCc1ccc[nH]1. The third-order valence-corrected chi connectivity index (χ3v) is 3.19. The van der Waals surface area contributed by atoms with Gasteiger partial charge in [-0.25, -0.2) is 0 Å². The molecule has 2 rings (SSSR count). The lowest BCUT2D eigenvalue weighted by molar-refractivity contribution is -0.121. The lowest BCUT2D eigenvalue weighted by Gasteiger charge is -2.09. The number of aromatic amines is 1. The number of methoxy groups -OCH3 is 1. The second-order valence-electron chi connectivity index (χ2n) is 4.61. The molecule has 0 aliphatic rings. The van der Waals surface area contributed by atoms with E-state index in [2.05, 4.69) is 10.3 Å². The summed E-state index contributed by atoms with van der Waals surface area (Å²) in [6.45, 7) is 0.629. The number of aromatic nitrogens is 1. The van der Waals surface area contributed by atoms with E-state index in [0.29, 0.717) is 13.0 Å². The van der Waals surface area contributed by atoms with Gasteiger partial charge in [0.2, 0.25) is 5.91 Å². The molecule has 106 valence electrons. The van der Waals surface area contributed by atoms with Crippen molar-refractivity contribution in [2.24, 2.45) is 0 Å². The van der Waals surface area contributed by atoms with Crippen LogP contribution in [0, 0.1) is 0 Å². The molecule has 0 radical (unpaired) electrons. The van der Waals surface area contributed by atoms with E-state index in [1.807, 2.05) is 42.6 Å². The maximum atomic E-state index is 11.7. The molecule has 0 aliphatic carbocycles. The summed E-state index contributed by atoms with van der Waals surface area (Å²) in [6.07, 6.45) is 3.90. The number of rotatable bonds is 7. The van der Waals surface area contributed by atoms with Crippen LogP contribution in [0.3, 0.4) is 0 Å². The van der Waals surface area contributed by atoms with Gasteiger partial charge in [0, 0.05) is 24.9 Å². The summed E-state index contributed by atoms with van der Waals surface area (Å²) in [7, 11) is 1.66. The van der Waals surface area contributed by atoms with Crippen LogP contribution in [0.1, 0.15) is 17.7 Å². The quantitative estimate of drug-likeness (QED) is 0.812. The minimum absolute atomic E-state index is 0.0782. The molecule has 0 saturated carbocycles. The second-order valence-corrected chi connectivity index (χ2v) is 4.61. The fourth-order valence-corrected chi connectivity index (χ4v) is 2.11. The summed E-state index contributed by atoms with van der Waals surface area (Å²) in [5.74, 6) is 0.947. The molecule has 2 N–H and O–H groups in total. The van der Waals surface area contributed by atoms with Crippen LogP contribution in [0.15, 0.2) is 42.6 Å². The number of ether oxygens (including phenoxy) is 1. The van der Waals surface area contributed by atoms with Crippen molar-refractivity contribution in [2.75, 3.05) is 13.7 Å². The Hall–Kier alpha value is -2.23. The summed E-state index contributed by atoms with van der Waals surface area (Å²) < 4.78 is 5.28. The first-order valence-corrected chi connectivity index (χ1v) is 6.80. The Balaban J connectivity index is 1.71. The van der Waals surface area contributed by atoms with Crippen molar-refractivity contribution in [3.05, 3.63) is 53.9 Å². The van der Waals surface area contributed by atoms with Crippen LogP contribution >= 0.6 is 0 Å². The van der Waals surface area contributed by atoms with E-state index >= 15 is 0 Å². The van der Waals surface area contributed by atoms with Gasteiger partial charge in [-0.3, -0.25) is 4.79 Å². The first-order chi connectivity index (χ1) is 9.79. The van der Waals surface area contributed by atoms with Crippen LogP contribution in [0.4, 0.5) is 0 Å². The summed E-state index contributed by atoms with van der Waals surface area (Å²) in [5, 5.41) is 2.94. The van der Waals surface area contributed by atoms with Gasteiger partial charge in [-0.05, 0) is 36.6 Å². The van der Waals surface area contributed by atoms with Crippen molar-refractivity contribution < 1.29 is 9.53 Å². The maximum Gasteiger partial charge on any atom is 0.220 e. The average Bonchev–Trinajstić information content (AvgIpc) is 2.99. The number of carbonyl (C=O) groups excluding carboxylic acids is 1. The highest BCUT2D eigenvalue weighted by Gasteiger charge is 2.04. The summed E-state index contributed by atoms with van der Waals surface area (Å²) in [5.41, 5.74) is 2.20. The third-order valence-electron chi connectivity index (χ3n) is 3.19. The topological polar surface area (TPSA) is 54.1 Å². The van der Waals surface area contributed by atoms with Crippen molar-refractivity contribution in [3.8, 4) is 5.75 Å². The van der Waals surface area contributed by atoms with E-state index in [1.54, 1.807) is 7.11 Å². The van der Waals surface area contributed by atoms with E-state index < -0.39 is 0 Å². The molecule has 1 heterocycles. The molecule has 0 aliphatic heterocycles. The highest BCUT2D eigenvalue weighted by molar-refractivity contribution is 5.76. The zero-order valence-electron chi connectivity index (χ0n) is 11.7. The van der Waals surface area contributed by atoms with Crippen molar-refractivity contribution >= 4 is 5.91 Å². The van der Waals surface area contributed by atoms with Crippen LogP contribution in [0.2, 0.25) is 0 Å². The Morgan fingerprint density at radius 2 is 2.05 bits per heavy atom. The highest BCUT2D eigenvalue weighted by atomic mass is 16.5. The van der Waals surface area contributed by atoms with Crippen LogP contribution in [-0.4, -0.2) is 24.5 Å². The predicted molar refractivity (Wildman–Crippen MR) is 78.8 cm³/mol. The Morgan fingerprint density at radius 1 is 1.20 bits per heavy atom. The van der Waals surface area contributed by atoms with E-state index in [-0.39, 0.29) is 5.91 Å².